The molecule has 1 heterocycles. The van der Waals surface area contributed by atoms with E-state index in [-0.39, 0.29) is 34.7 Å². The molecule has 1 aliphatic rings. The minimum atomic E-state index is -1.15. The lowest BCUT2D eigenvalue weighted by molar-refractivity contribution is 0.0524. The van der Waals surface area contributed by atoms with Gasteiger partial charge in [0.25, 0.3) is 0 Å². The molecule has 0 unspecified atom stereocenters. The predicted octanol–water partition coefficient (Wildman–Crippen LogP) is 3.43. The Morgan fingerprint density at radius 2 is 2.17 bits per heavy atom. The normalized spacial score (nSPS) is 14.0. The van der Waals surface area contributed by atoms with Crippen LogP contribution >= 0.6 is 0 Å². The van der Waals surface area contributed by atoms with Crippen molar-refractivity contribution in [3.63, 3.8) is 0 Å². The SMILES string of the molecule is C=Cc1c(F)c(F)cc2c(=O)c(C(=O)OCC)cn(C3CC3)c12. The smallest absolute Gasteiger partial charge is 0.343 e. The highest BCUT2D eigenvalue weighted by Gasteiger charge is 2.29. The van der Waals surface area contributed by atoms with Gasteiger partial charge in [0, 0.05) is 17.8 Å². The highest BCUT2D eigenvalue weighted by atomic mass is 19.2. The number of nitrogens with zero attached hydrogens (tertiary/aromatic N) is 1. The summed E-state index contributed by atoms with van der Waals surface area (Å²) in [6, 6.07) is 0.886. The van der Waals surface area contributed by atoms with E-state index >= 15 is 0 Å². The minimum absolute atomic E-state index is 0.0451. The molecule has 0 bridgehead atoms. The summed E-state index contributed by atoms with van der Waals surface area (Å²) in [6.45, 7) is 5.26. The molecule has 1 aromatic heterocycles. The number of esters is 1. The Labute approximate surface area is 131 Å². The average molecular weight is 319 g/mol. The van der Waals surface area contributed by atoms with Crippen LogP contribution in [-0.4, -0.2) is 17.1 Å². The van der Waals surface area contributed by atoms with E-state index in [1.807, 2.05) is 0 Å². The molecule has 1 aromatic carbocycles. The summed E-state index contributed by atoms with van der Waals surface area (Å²) in [4.78, 5) is 24.5. The van der Waals surface area contributed by atoms with Crippen LogP contribution in [0.25, 0.3) is 17.0 Å². The summed E-state index contributed by atoms with van der Waals surface area (Å²) in [7, 11) is 0. The van der Waals surface area contributed by atoms with Crippen molar-refractivity contribution in [2.75, 3.05) is 6.61 Å². The van der Waals surface area contributed by atoms with Crippen molar-refractivity contribution in [3.05, 3.63) is 51.8 Å². The van der Waals surface area contributed by atoms with Gasteiger partial charge in [-0.05, 0) is 25.8 Å². The third-order valence-electron chi connectivity index (χ3n) is 3.88. The molecule has 2 aromatic rings. The maximum absolute atomic E-state index is 14.1. The molecule has 1 fully saturated rings. The number of fused-ring (bicyclic) bond motifs is 1. The second kappa shape index (κ2) is 5.61. The standard InChI is InChI=1S/C17H15F2NO3/c1-3-10-14(19)13(18)7-11-15(10)20(9-5-6-9)8-12(16(11)21)17(22)23-4-2/h3,7-9H,1,4-6H2,2H3. The Morgan fingerprint density at radius 3 is 2.74 bits per heavy atom. The van der Waals surface area contributed by atoms with E-state index in [2.05, 4.69) is 6.58 Å². The number of halogens is 2. The number of hydrogen-bond acceptors (Lipinski definition) is 3. The summed E-state index contributed by atoms with van der Waals surface area (Å²) in [5.41, 5.74) is -0.650. The first kappa shape index (κ1) is 15.4. The van der Waals surface area contributed by atoms with E-state index in [0.717, 1.165) is 18.9 Å². The van der Waals surface area contributed by atoms with Crippen LogP contribution in [0.3, 0.4) is 0 Å². The van der Waals surface area contributed by atoms with Gasteiger partial charge in [0.05, 0.1) is 17.5 Å². The van der Waals surface area contributed by atoms with Gasteiger partial charge in [-0.3, -0.25) is 4.79 Å². The zero-order chi connectivity index (χ0) is 16.7. The molecule has 0 amide bonds. The summed E-state index contributed by atoms with van der Waals surface area (Å²) in [5.74, 6) is -2.96. The van der Waals surface area contributed by atoms with Gasteiger partial charge in [0.1, 0.15) is 5.56 Å². The molecule has 4 nitrogen and oxygen atoms in total. The highest BCUT2D eigenvalue weighted by molar-refractivity contribution is 5.96. The molecule has 0 atom stereocenters. The van der Waals surface area contributed by atoms with Crippen LogP contribution in [-0.2, 0) is 4.74 Å². The fraction of sp³-hybridized carbons (Fsp3) is 0.294. The van der Waals surface area contributed by atoms with E-state index < -0.39 is 23.0 Å². The van der Waals surface area contributed by atoms with Gasteiger partial charge >= 0.3 is 5.97 Å². The lowest BCUT2D eigenvalue weighted by Gasteiger charge is -2.15. The number of pyridine rings is 1. The van der Waals surface area contributed by atoms with Crippen molar-refractivity contribution in [1.29, 1.82) is 0 Å². The molecule has 0 radical (unpaired) electrons. The monoisotopic (exact) mass is 319 g/mol. The first-order chi connectivity index (χ1) is 11.0. The fourth-order valence-electron chi connectivity index (χ4n) is 2.68. The van der Waals surface area contributed by atoms with Crippen molar-refractivity contribution >= 4 is 22.9 Å². The van der Waals surface area contributed by atoms with Crippen LogP contribution in [0.1, 0.15) is 41.7 Å². The molecule has 0 aliphatic heterocycles. The maximum Gasteiger partial charge on any atom is 0.343 e. The van der Waals surface area contributed by atoms with Crippen LogP contribution in [0.4, 0.5) is 8.78 Å². The maximum atomic E-state index is 14.1. The van der Waals surface area contributed by atoms with Gasteiger partial charge in [-0.15, -0.1) is 0 Å². The molecule has 1 aliphatic carbocycles. The molecule has 0 saturated heterocycles. The number of aromatic nitrogens is 1. The zero-order valence-electron chi connectivity index (χ0n) is 12.6. The summed E-state index contributed by atoms with van der Waals surface area (Å²) < 4.78 is 34.4. The molecule has 1 saturated carbocycles. The fourth-order valence-corrected chi connectivity index (χ4v) is 2.68. The Hall–Kier alpha value is -2.50. The molecule has 0 spiro atoms. The number of carbonyl (C=O) groups is 1. The Balaban J connectivity index is 2.42. The summed E-state index contributed by atoms with van der Waals surface area (Å²) >= 11 is 0. The lowest BCUT2D eigenvalue weighted by Crippen LogP contribution is -2.21. The quantitative estimate of drug-likeness (QED) is 0.811. The number of ether oxygens (including phenoxy) is 1. The van der Waals surface area contributed by atoms with Crippen LogP contribution in [0.2, 0.25) is 0 Å². The Bertz CT molecular complexity index is 882. The molecule has 120 valence electrons. The third-order valence-corrected chi connectivity index (χ3v) is 3.88. The average Bonchev–Trinajstić information content (AvgIpc) is 3.35. The topological polar surface area (TPSA) is 48.3 Å². The van der Waals surface area contributed by atoms with Gasteiger partial charge in [-0.2, -0.15) is 0 Å². The highest BCUT2D eigenvalue weighted by Crippen LogP contribution is 2.38. The third kappa shape index (κ3) is 2.44. The van der Waals surface area contributed by atoms with E-state index in [1.54, 1.807) is 11.5 Å². The largest absolute Gasteiger partial charge is 0.462 e. The second-order valence-corrected chi connectivity index (χ2v) is 5.42. The number of carbonyl (C=O) groups excluding carboxylic acids is 1. The van der Waals surface area contributed by atoms with Gasteiger partial charge in [0.2, 0.25) is 5.43 Å². The predicted molar refractivity (Wildman–Crippen MR) is 82.4 cm³/mol. The van der Waals surface area contributed by atoms with Crippen molar-refractivity contribution in [2.24, 2.45) is 0 Å². The molecule has 6 heteroatoms. The van der Waals surface area contributed by atoms with E-state index in [0.29, 0.717) is 0 Å². The first-order valence-corrected chi connectivity index (χ1v) is 7.36. The molecular formula is C17H15F2NO3. The second-order valence-electron chi connectivity index (χ2n) is 5.42. The van der Waals surface area contributed by atoms with Crippen molar-refractivity contribution in [2.45, 2.75) is 25.8 Å². The summed E-state index contributed by atoms with van der Waals surface area (Å²) in [5, 5.41) is -0.0451. The van der Waals surface area contributed by atoms with Crippen LogP contribution in [0, 0.1) is 11.6 Å². The first-order valence-electron chi connectivity index (χ1n) is 7.36. The molecule has 23 heavy (non-hydrogen) atoms. The number of rotatable bonds is 4. The van der Waals surface area contributed by atoms with Crippen LogP contribution in [0.15, 0.2) is 23.6 Å². The number of hydrogen-bond donors (Lipinski definition) is 0. The molecule has 0 N–H and O–H groups in total. The minimum Gasteiger partial charge on any atom is -0.462 e. The van der Waals surface area contributed by atoms with Gasteiger partial charge in [0.15, 0.2) is 11.6 Å². The lowest BCUT2D eigenvalue weighted by atomic mass is 10.0. The molecular weight excluding hydrogens is 304 g/mol. The van der Waals surface area contributed by atoms with E-state index in [9.17, 15) is 18.4 Å². The van der Waals surface area contributed by atoms with Crippen molar-refractivity contribution in [1.82, 2.24) is 4.57 Å². The van der Waals surface area contributed by atoms with E-state index in [1.165, 1.54) is 12.3 Å². The van der Waals surface area contributed by atoms with Crippen LogP contribution < -0.4 is 5.43 Å². The van der Waals surface area contributed by atoms with Crippen LogP contribution in [0.5, 0.6) is 0 Å². The summed E-state index contributed by atoms with van der Waals surface area (Å²) in [6.07, 6.45) is 4.25. The van der Waals surface area contributed by atoms with Gasteiger partial charge in [-0.25, -0.2) is 13.6 Å². The van der Waals surface area contributed by atoms with Gasteiger partial charge in [-0.1, -0.05) is 12.7 Å². The van der Waals surface area contributed by atoms with E-state index in [4.69, 9.17) is 4.74 Å². The van der Waals surface area contributed by atoms with Crippen molar-refractivity contribution < 1.29 is 18.3 Å². The number of benzene rings is 1. The zero-order valence-corrected chi connectivity index (χ0v) is 12.6. The Morgan fingerprint density at radius 1 is 1.48 bits per heavy atom. The van der Waals surface area contributed by atoms with Gasteiger partial charge < -0.3 is 9.30 Å². The van der Waals surface area contributed by atoms with Crippen molar-refractivity contribution in [3.8, 4) is 0 Å². The molecule has 3 rings (SSSR count). The Kier molecular flexibility index (Phi) is 3.75.